The third kappa shape index (κ3) is 2.87. The average molecular weight is 229 g/mol. The molecular weight excluding hydrogens is 214 g/mol. The third-order valence-electron chi connectivity index (χ3n) is 2.45. The molecule has 0 radical (unpaired) electrons. The highest BCUT2D eigenvalue weighted by Crippen LogP contribution is 2.25. The second-order valence-corrected chi connectivity index (χ2v) is 3.67. The van der Waals surface area contributed by atoms with Crippen molar-refractivity contribution in [2.45, 2.75) is 6.54 Å². The van der Waals surface area contributed by atoms with Crippen molar-refractivity contribution in [1.29, 1.82) is 0 Å². The molecule has 4 heteroatoms. The predicted molar refractivity (Wildman–Crippen MR) is 69.0 cm³/mol. The van der Waals surface area contributed by atoms with Gasteiger partial charge in [-0.2, -0.15) is 0 Å². The van der Waals surface area contributed by atoms with E-state index in [0.717, 1.165) is 17.8 Å². The van der Waals surface area contributed by atoms with Gasteiger partial charge in [-0.25, -0.2) is 0 Å². The van der Waals surface area contributed by atoms with E-state index in [1.807, 2.05) is 36.5 Å². The molecule has 0 amide bonds. The number of nitrogens with zero attached hydrogens (tertiary/aromatic N) is 1. The van der Waals surface area contributed by atoms with Crippen LogP contribution in [0, 0.1) is 0 Å². The fourth-order valence-electron chi connectivity index (χ4n) is 1.53. The molecule has 0 spiro atoms. The zero-order valence-electron chi connectivity index (χ0n) is 9.68. The largest absolute Gasteiger partial charge is 0.495 e. The molecule has 1 aromatic carbocycles. The number of hydrogen-bond donors (Lipinski definition) is 2. The van der Waals surface area contributed by atoms with Gasteiger partial charge in [-0.15, -0.1) is 0 Å². The molecule has 0 aliphatic rings. The Morgan fingerprint density at radius 1 is 1.35 bits per heavy atom. The Balaban J connectivity index is 2.04. The van der Waals surface area contributed by atoms with Crippen LogP contribution in [-0.2, 0) is 6.54 Å². The Labute approximate surface area is 100 Å². The number of nitrogen functional groups attached to an aromatic ring is 1. The Morgan fingerprint density at radius 3 is 2.94 bits per heavy atom. The summed E-state index contributed by atoms with van der Waals surface area (Å²) in [7, 11) is 1.61. The van der Waals surface area contributed by atoms with E-state index in [2.05, 4.69) is 10.3 Å². The summed E-state index contributed by atoms with van der Waals surface area (Å²) in [5.74, 6) is 0.682. The van der Waals surface area contributed by atoms with Gasteiger partial charge in [-0.05, 0) is 23.8 Å². The molecular formula is C13H15N3O. The lowest BCUT2D eigenvalue weighted by molar-refractivity contribution is 0.417. The van der Waals surface area contributed by atoms with Crippen LogP contribution < -0.4 is 15.8 Å². The highest BCUT2D eigenvalue weighted by atomic mass is 16.5. The molecule has 1 heterocycles. The van der Waals surface area contributed by atoms with E-state index >= 15 is 0 Å². The number of pyridine rings is 1. The number of rotatable bonds is 4. The monoisotopic (exact) mass is 229 g/mol. The van der Waals surface area contributed by atoms with Gasteiger partial charge in [0.25, 0.3) is 0 Å². The molecule has 0 atom stereocenters. The van der Waals surface area contributed by atoms with Crippen LogP contribution in [-0.4, -0.2) is 12.1 Å². The molecule has 4 nitrogen and oxygen atoms in total. The van der Waals surface area contributed by atoms with E-state index < -0.39 is 0 Å². The van der Waals surface area contributed by atoms with Crippen molar-refractivity contribution in [3.63, 3.8) is 0 Å². The summed E-state index contributed by atoms with van der Waals surface area (Å²) in [6, 6.07) is 9.57. The molecule has 0 aliphatic heterocycles. The first-order chi connectivity index (χ1) is 8.29. The van der Waals surface area contributed by atoms with Gasteiger partial charge >= 0.3 is 0 Å². The first kappa shape index (κ1) is 11.3. The number of nitrogens with one attached hydrogen (secondary N) is 1. The molecule has 0 saturated heterocycles. The first-order valence-corrected chi connectivity index (χ1v) is 5.36. The van der Waals surface area contributed by atoms with Gasteiger partial charge in [-0.3, -0.25) is 4.98 Å². The Hall–Kier alpha value is -2.23. The maximum absolute atomic E-state index is 5.74. The van der Waals surface area contributed by atoms with E-state index in [1.165, 1.54) is 0 Å². The topological polar surface area (TPSA) is 60.2 Å². The summed E-state index contributed by atoms with van der Waals surface area (Å²) < 4.78 is 5.16. The Morgan fingerprint density at radius 2 is 2.24 bits per heavy atom. The molecule has 0 aliphatic carbocycles. The SMILES string of the molecule is COc1cc(NCc2cccnc2)ccc1N. The molecule has 2 aromatic rings. The molecule has 3 N–H and O–H groups in total. The quantitative estimate of drug-likeness (QED) is 0.790. The fraction of sp³-hybridized carbons (Fsp3) is 0.154. The number of anilines is 2. The Kier molecular flexibility index (Phi) is 3.45. The van der Waals surface area contributed by atoms with Gasteiger partial charge in [0, 0.05) is 30.7 Å². The van der Waals surface area contributed by atoms with Crippen molar-refractivity contribution in [2.24, 2.45) is 0 Å². The highest BCUT2D eigenvalue weighted by Gasteiger charge is 2.00. The second kappa shape index (κ2) is 5.21. The van der Waals surface area contributed by atoms with Crippen LogP contribution in [0.25, 0.3) is 0 Å². The van der Waals surface area contributed by atoms with E-state index in [1.54, 1.807) is 13.3 Å². The van der Waals surface area contributed by atoms with E-state index in [0.29, 0.717) is 11.4 Å². The highest BCUT2D eigenvalue weighted by molar-refractivity contribution is 5.61. The minimum absolute atomic E-state index is 0.638. The van der Waals surface area contributed by atoms with Crippen molar-refractivity contribution in [1.82, 2.24) is 4.98 Å². The van der Waals surface area contributed by atoms with Crippen molar-refractivity contribution in [3.8, 4) is 5.75 Å². The number of aromatic nitrogens is 1. The number of ether oxygens (including phenoxy) is 1. The lowest BCUT2D eigenvalue weighted by atomic mass is 10.2. The second-order valence-electron chi connectivity index (χ2n) is 3.67. The summed E-state index contributed by atoms with van der Waals surface area (Å²) in [6.45, 7) is 0.723. The summed E-state index contributed by atoms with van der Waals surface area (Å²) >= 11 is 0. The average Bonchev–Trinajstić information content (AvgIpc) is 2.39. The lowest BCUT2D eigenvalue weighted by Crippen LogP contribution is -2.00. The number of benzene rings is 1. The van der Waals surface area contributed by atoms with Crippen molar-refractivity contribution in [2.75, 3.05) is 18.2 Å². The maximum Gasteiger partial charge on any atom is 0.143 e. The van der Waals surface area contributed by atoms with Gasteiger partial charge in [0.05, 0.1) is 12.8 Å². The van der Waals surface area contributed by atoms with Crippen LogP contribution in [0.2, 0.25) is 0 Å². The number of methoxy groups -OCH3 is 1. The zero-order valence-corrected chi connectivity index (χ0v) is 9.68. The van der Waals surface area contributed by atoms with Crippen LogP contribution in [0.3, 0.4) is 0 Å². The molecule has 2 rings (SSSR count). The van der Waals surface area contributed by atoms with Crippen molar-refractivity contribution < 1.29 is 4.74 Å². The fourth-order valence-corrected chi connectivity index (χ4v) is 1.53. The van der Waals surface area contributed by atoms with Gasteiger partial charge < -0.3 is 15.8 Å². The standard InChI is InChI=1S/C13H15N3O/c1-17-13-7-11(4-5-12(13)14)16-9-10-3-2-6-15-8-10/h2-8,16H,9,14H2,1H3. The summed E-state index contributed by atoms with van der Waals surface area (Å²) in [5, 5.41) is 3.29. The normalized spacial score (nSPS) is 9.94. The molecule has 0 saturated carbocycles. The molecule has 88 valence electrons. The number of hydrogen-bond acceptors (Lipinski definition) is 4. The van der Waals surface area contributed by atoms with Crippen LogP contribution in [0.4, 0.5) is 11.4 Å². The minimum Gasteiger partial charge on any atom is -0.495 e. The molecule has 0 unspecified atom stereocenters. The van der Waals surface area contributed by atoms with Crippen LogP contribution in [0.5, 0.6) is 5.75 Å². The van der Waals surface area contributed by atoms with Crippen molar-refractivity contribution in [3.05, 3.63) is 48.3 Å². The van der Waals surface area contributed by atoms with Gasteiger partial charge in [0.1, 0.15) is 5.75 Å². The molecule has 0 fully saturated rings. The van der Waals surface area contributed by atoms with E-state index in [9.17, 15) is 0 Å². The zero-order chi connectivity index (χ0) is 12.1. The molecule has 1 aromatic heterocycles. The Bertz CT molecular complexity index is 485. The summed E-state index contributed by atoms with van der Waals surface area (Å²) in [6.07, 6.45) is 3.59. The van der Waals surface area contributed by atoms with Crippen LogP contribution in [0.1, 0.15) is 5.56 Å². The van der Waals surface area contributed by atoms with E-state index in [-0.39, 0.29) is 0 Å². The summed E-state index contributed by atoms with van der Waals surface area (Å²) in [4.78, 5) is 4.06. The lowest BCUT2D eigenvalue weighted by Gasteiger charge is -2.09. The van der Waals surface area contributed by atoms with Crippen LogP contribution >= 0.6 is 0 Å². The smallest absolute Gasteiger partial charge is 0.143 e. The van der Waals surface area contributed by atoms with E-state index in [4.69, 9.17) is 10.5 Å². The van der Waals surface area contributed by atoms with Gasteiger partial charge in [0.15, 0.2) is 0 Å². The molecule has 0 bridgehead atoms. The first-order valence-electron chi connectivity index (χ1n) is 5.36. The van der Waals surface area contributed by atoms with Gasteiger partial charge in [-0.1, -0.05) is 6.07 Å². The molecule has 17 heavy (non-hydrogen) atoms. The third-order valence-corrected chi connectivity index (χ3v) is 2.45. The minimum atomic E-state index is 0.638. The van der Waals surface area contributed by atoms with Gasteiger partial charge in [0.2, 0.25) is 0 Å². The maximum atomic E-state index is 5.74. The predicted octanol–water partition coefficient (Wildman–Crippen LogP) is 2.28. The van der Waals surface area contributed by atoms with Crippen molar-refractivity contribution >= 4 is 11.4 Å². The number of nitrogens with two attached hydrogens (primary N) is 1. The van der Waals surface area contributed by atoms with Crippen LogP contribution in [0.15, 0.2) is 42.7 Å². The summed E-state index contributed by atoms with van der Waals surface area (Å²) in [5.41, 5.74) is 8.48.